The van der Waals surface area contributed by atoms with Gasteiger partial charge in [0.1, 0.15) is 6.54 Å². The van der Waals surface area contributed by atoms with Crippen molar-refractivity contribution in [3.05, 3.63) is 22.7 Å². The van der Waals surface area contributed by atoms with Crippen LogP contribution in [0.3, 0.4) is 0 Å². The standard InChI is InChI=1S/C14H17N3O5S/c1-21-6-5-17(8-13(19)20)12(18)3-2-11-15-14(16-22-11)10-4-7-23-9-10/h4,7,9H,2-3,5-6,8H2,1H3,(H,19,20). The van der Waals surface area contributed by atoms with Crippen LogP contribution in [0.1, 0.15) is 12.3 Å². The molecule has 0 unspecified atom stereocenters. The summed E-state index contributed by atoms with van der Waals surface area (Å²) < 4.78 is 10.00. The van der Waals surface area contributed by atoms with Crippen molar-refractivity contribution < 1.29 is 24.0 Å². The van der Waals surface area contributed by atoms with Crippen molar-refractivity contribution in [2.75, 3.05) is 26.8 Å². The Hall–Kier alpha value is -2.26. The lowest BCUT2D eigenvalue weighted by Gasteiger charge is -2.19. The first-order valence-electron chi connectivity index (χ1n) is 6.94. The molecule has 9 heteroatoms. The number of amides is 1. The molecule has 0 saturated heterocycles. The Balaban J connectivity index is 1.90. The van der Waals surface area contributed by atoms with Gasteiger partial charge in [-0.2, -0.15) is 16.3 Å². The first-order valence-corrected chi connectivity index (χ1v) is 7.88. The minimum Gasteiger partial charge on any atom is -0.480 e. The van der Waals surface area contributed by atoms with Crippen molar-refractivity contribution in [3.63, 3.8) is 0 Å². The largest absolute Gasteiger partial charge is 0.480 e. The Labute approximate surface area is 136 Å². The Morgan fingerprint density at radius 3 is 2.96 bits per heavy atom. The number of hydrogen-bond donors (Lipinski definition) is 1. The number of thiophene rings is 1. The van der Waals surface area contributed by atoms with Gasteiger partial charge >= 0.3 is 5.97 Å². The Kier molecular flexibility index (Phi) is 6.24. The molecule has 1 amide bonds. The third kappa shape index (κ3) is 5.15. The number of aryl methyl sites for hydroxylation is 1. The summed E-state index contributed by atoms with van der Waals surface area (Å²) in [5.74, 6) is -0.524. The average Bonchev–Trinajstić information content (AvgIpc) is 3.19. The Morgan fingerprint density at radius 1 is 1.48 bits per heavy atom. The summed E-state index contributed by atoms with van der Waals surface area (Å²) in [5.41, 5.74) is 0.865. The zero-order chi connectivity index (χ0) is 16.7. The molecule has 0 aliphatic heterocycles. The highest BCUT2D eigenvalue weighted by molar-refractivity contribution is 7.08. The van der Waals surface area contributed by atoms with Crippen LogP contribution in [0.5, 0.6) is 0 Å². The van der Waals surface area contributed by atoms with Crippen LogP contribution in [0.25, 0.3) is 11.4 Å². The second-order valence-electron chi connectivity index (χ2n) is 4.73. The fourth-order valence-corrected chi connectivity index (χ4v) is 2.53. The van der Waals surface area contributed by atoms with E-state index in [4.69, 9.17) is 14.4 Å². The molecule has 2 rings (SSSR count). The van der Waals surface area contributed by atoms with Crippen LogP contribution in [0.2, 0.25) is 0 Å². The molecule has 23 heavy (non-hydrogen) atoms. The van der Waals surface area contributed by atoms with Crippen LogP contribution in [-0.4, -0.2) is 58.8 Å². The maximum absolute atomic E-state index is 12.1. The van der Waals surface area contributed by atoms with Crippen LogP contribution >= 0.6 is 11.3 Å². The van der Waals surface area contributed by atoms with Gasteiger partial charge in [-0.1, -0.05) is 5.16 Å². The number of hydrogen-bond acceptors (Lipinski definition) is 7. The van der Waals surface area contributed by atoms with E-state index in [1.807, 2.05) is 16.8 Å². The minimum absolute atomic E-state index is 0.0995. The zero-order valence-electron chi connectivity index (χ0n) is 12.6. The van der Waals surface area contributed by atoms with Crippen molar-refractivity contribution >= 4 is 23.2 Å². The normalized spacial score (nSPS) is 10.7. The topological polar surface area (TPSA) is 106 Å². The molecule has 8 nitrogen and oxygen atoms in total. The summed E-state index contributed by atoms with van der Waals surface area (Å²) in [6.07, 6.45) is 0.362. The molecule has 0 radical (unpaired) electrons. The third-order valence-electron chi connectivity index (χ3n) is 3.04. The SMILES string of the molecule is COCCN(CC(=O)O)C(=O)CCc1nc(-c2ccsc2)no1. The smallest absolute Gasteiger partial charge is 0.323 e. The summed E-state index contributed by atoms with van der Waals surface area (Å²) in [6, 6.07) is 1.88. The molecular weight excluding hydrogens is 322 g/mol. The molecular formula is C14H17N3O5S. The lowest BCUT2D eigenvalue weighted by Crippen LogP contribution is -2.38. The summed E-state index contributed by atoms with van der Waals surface area (Å²) >= 11 is 1.53. The summed E-state index contributed by atoms with van der Waals surface area (Å²) in [4.78, 5) is 28.4. The van der Waals surface area contributed by atoms with E-state index in [1.54, 1.807) is 0 Å². The number of rotatable bonds is 9. The number of nitrogens with zero attached hydrogens (tertiary/aromatic N) is 3. The predicted molar refractivity (Wildman–Crippen MR) is 82.0 cm³/mol. The third-order valence-corrected chi connectivity index (χ3v) is 3.73. The maximum atomic E-state index is 12.1. The molecule has 2 aromatic heterocycles. The van der Waals surface area contributed by atoms with Crippen molar-refractivity contribution in [3.8, 4) is 11.4 Å². The van der Waals surface area contributed by atoms with Crippen LogP contribution in [0, 0.1) is 0 Å². The number of carbonyl (C=O) groups is 2. The number of carboxylic acid groups (broad SMARTS) is 1. The van der Waals surface area contributed by atoms with Gasteiger partial charge in [-0.05, 0) is 11.4 Å². The van der Waals surface area contributed by atoms with Crippen molar-refractivity contribution in [1.29, 1.82) is 0 Å². The lowest BCUT2D eigenvalue weighted by atomic mass is 10.2. The second-order valence-corrected chi connectivity index (χ2v) is 5.51. The number of carbonyl (C=O) groups excluding carboxylic acids is 1. The lowest BCUT2D eigenvalue weighted by molar-refractivity contribution is -0.144. The predicted octanol–water partition coefficient (Wildman–Crippen LogP) is 1.29. The van der Waals surface area contributed by atoms with Gasteiger partial charge in [-0.15, -0.1) is 0 Å². The molecule has 2 heterocycles. The van der Waals surface area contributed by atoms with E-state index < -0.39 is 5.97 Å². The molecule has 0 aromatic carbocycles. The maximum Gasteiger partial charge on any atom is 0.323 e. The molecule has 0 fully saturated rings. The van der Waals surface area contributed by atoms with E-state index in [2.05, 4.69) is 10.1 Å². The van der Waals surface area contributed by atoms with Crippen LogP contribution in [0.15, 0.2) is 21.3 Å². The van der Waals surface area contributed by atoms with Crippen LogP contribution in [-0.2, 0) is 20.7 Å². The zero-order valence-corrected chi connectivity index (χ0v) is 13.4. The number of ether oxygens (including phenoxy) is 1. The van der Waals surface area contributed by atoms with Gasteiger partial charge in [0.2, 0.25) is 17.6 Å². The van der Waals surface area contributed by atoms with E-state index in [0.717, 1.165) is 5.56 Å². The quantitative estimate of drug-likeness (QED) is 0.733. The first kappa shape index (κ1) is 17.1. The van der Waals surface area contributed by atoms with Gasteiger partial charge in [-0.25, -0.2) is 0 Å². The molecule has 2 aromatic rings. The molecule has 0 aliphatic carbocycles. The average molecular weight is 339 g/mol. The van der Waals surface area contributed by atoms with Gasteiger partial charge in [0.25, 0.3) is 0 Å². The molecule has 0 spiro atoms. The van der Waals surface area contributed by atoms with Crippen molar-refractivity contribution in [1.82, 2.24) is 15.0 Å². The number of aromatic nitrogens is 2. The minimum atomic E-state index is -1.06. The summed E-state index contributed by atoms with van der Waals surface area (Å²) in [5, 5.41) is 16.5. The van der Waals surface area contributed by atoms with Crippen LogP contribution < -0.4 is 0 Å². The van der Waals surface area contributed by atoms with E-state index in [-0.39, 0.29) is 38.4 Å². The molecule has 1 N–H and O–H groups in total. The highest BCUT2D eigenvalue weighted by Crippen LogP contribution is 2.19. The number of aliphatic carboxylic acids is 1. The Bertz CT molecular complexity index is 641. The molecule has 0 atom stereocenters. The van der Waals surface area contributed by atoms with E-state index >= 15 is 0 Å². The van der Waals surface area contributed by atoms with Crippen molar-refractivity contribution in [2.24, 2.45) is 0 Å². The molecule has 124 valence electrons. The van der Waals surface area contributed by atoms with Gasteiger partial charge < -0.3 is 19.3 Å². The molecule has 0 aliphatic rings. The van der Waals surface area contributed by atoms with Gasteiger partial charge in [0.05, 0.1) is 6.61 Å². The monoisotopic (exact) mass is 339 g/mol. The second kappa shape index (κ2) is 8.39. The number of carboxylic acids is 1. The fraction of sp³-hybridized carbons (Fsp3) is 0.429. The fourth-order valence-electron chi connectivity index (χ4n) is 1.89. The summed E-state index contributed by atoms with van der Waals surface area (Å²) in [6.45, 7) is 0.152. The van der Waals surface area contributed by atoms with Gasteiger partial charge in [0.15, 0.2) is 0 Å². The van der Waals surface area contributed by atoms with Crippen LogP contribution in [0.4, 0.5) is 0 Å². The number of methoxy groups -OCH3 is 1. The molecule has 0 saturated carbocycles. The first-order chi connectivity index (χ1) is 11.1. The summed E-state index contributed by atoms with van der Waals surface area (Å²) in [7, 11) is 1.49. The van der Waals surface area contributed by atoms with E-state index in [0.29, 0.717) is 11.7 Å². The van der Waals surface area contributed by atoms with Crippen molar-refractivity contribution in [2.45, 2.75) is 12.8 Å². The van der Waals surface area contributed by atoms with E-state index in [9.17, 15) is 9.59 Å². The highest BCUT2D eigenvalue weighted by atomic mass is 32.1. The van der Waals surface area contributed by atoms with Gasteiger partial charge in [-0.3, -0.25) is 9.59 Å². The highest BCUT2D eigenvalue weighted by Gasteiger charge is 2.18. The van der Waals surface area contributed by atoms with Gasteiger partial charge in [0, 0.05) is 37.4 Å². The molecule has 0 bridgehead atoms. The van der Waals surface area contributed by atoms with E-state index in [1.165, 1.54) is 23.3 Å². The Morgan fingerprint density at radius 2 is 2.30 bits per heavy atom.